The first kappa shape index (κ1) is 13.5. The van der Waals surface area contributed by atoms with E-state index in [4.69, 9.17) is 4.74 Å². The summed E-state index contributed by atoms with van der Waals surface area (Å²) in [5, 5.41) is 14.6. The zero-order chi connectivity index (χ0) is 13.7. The zero-order valence-corrected chi connectivity index (χ0v) is 11.5. The van der Waals surface area contributed by atoms with E-state index in [0.717, 1.165) is 30.1 Å². The number of tetrazole rings is 1. The van der Waals surface area contributed by atoms with Gasteiger partial charge in [-0.05, 0) is 41.0 Å². The number of nitrogens with zero attached hydrogens (tertiary/aromatic N) is 4. The Labute approximate surface area is 112 Å². The van der Waals surface area contributed by atoms with Crippen LogP contribution in [0.25, 0.3) is 5.69 Å². The van der Waals surface area contributed by atoms with Crippen molar-refractivity contribution in [1.82, 2.24) is 20.2 Å². The van der Waals surface area contributed by atoms with Gasteiger partial charge in [0.1, 0.15) is 6.33 Å². The average molecular weight is 261 g/mol. The van der Waals surface area contributed by atoms with Crippen LogP contribution in [-0.4, -0.2) is 40.5 Å². The Morgan fingerprint density at radius 1 is 1.42 bits per heavy atom. The molecule has 1 aromatic heterocycles. The summed E-state index contributed by atoms with van der Waals surface area (Å²) in [6, 6.07) is 6.16. The van der Waals surface area contributed by atoms with Crippen molar-refractivity contribution in [1.29, 1.82) is 0 Å². The lowest BCUT2D eigenvalue weighted by Gasteiger charge is -2.14. The van der Waals surface area contributed by atoms with Gasteiger partial charge in [-0.2, -0.15) is 0 Å². The van der Waals surface area contributed by atoms with E-state index >= 15 is 0 Å². The van der Waals surface area contributed by atoms with Crippen LogP contribution in [-0.2, 0) is 4.74 Å². The summed E-state index contributed by atoms with van der Waals surface area (Å²) < 4.78 is 6.79. The first-order valence-corrected chi connectivity index (χ1v) is 6.27. The van der Waals surface area contributed by atoms with Crippen molar-refractivity contribution in [3.8, 4) is 5.69 Å². The molecule has 0 saturated heterocycles. The summed E-state index contributed by atoms with van der Waals surface area (Å²) in [6.07, 6.45) is 1.60. The lowest BCUT2D eigenvalue weighted by Crippen LogP contribution is -2.16. The van der Waals surface area contributed by atoms with Crippen molar-refractivity contribution in [2.75, 3.05) is 25.6 Å². The van der Waals surface area contributed by atoms with Gasteiger partial charge in [0.25, 0.3) is 0 Å². The Morgan fingerprint density at radius 3 is 2.95 bits per heavy atom. The highest BCUT2D eigenvalue weighted by Gasteiger charge is 2.05. The largest absolute Gasteiger partial charge is 0.385 e. The third-order valence-corrected chi connectivity index (χ3v) is 2.91. The summed E-state index contributed by atoms with van der Waals surface area (Å²) in [5.74, 6) is 0.461. The molecule has 1 aromatic carbocycles. The maximum absolute atomic E-state index is 5.12. The molecule has 0 aliphatic rings. The molecule has 1 unspecified atom stereocenters. The van der Waals surface area contributed by atoms with Gasteiger partial charge in [0, 0.05) is 19.3 Å². The van der Waals surface area contributed by atoms with Crippen molar-refractivity contribution < 1.29 is 4.74 Å². The Hall–Kier alpha value is -1.95. The van der Waals surface area contributed by atoms with Crippen molar-refractivity contribution in [2.45, 2.75) is 13.8 Å². The van der Waals surface area contributed by atoms with Crippen LogP contribution in [0, 0.1) is 12.8 Å². The van der Waals surface area contributed by atoms with Crippen LogP contribution in [0.2, 0.25) is 0 Å². The summed E-state index contributed by atoms with van der Waals surface area (Å²) in [5.41, 5.74) is 3.16. The van der Waals surface area contributed by atoms with Crippen molar-refractivity contribution in [3.05, 3.63) is 30.1 Å². The number of ether oxygens (including phenoxy) is 1. The minimum Gasteiger partial charge on any atom is -0.385 e. The lowest BCUT2D eigenvalue weighted by atomic mass is 10.1. The molecular weight excluding hydrogens is 242 g/mol. The Kier molecular flexibility index (Phi) is 4.46. The Balaban J connectivity index is 2.09. The number of hydrogen-bond acceptors (Lipinski definition) is 5. The number of anilines is 1. The van der Waals surface area contributed by atoms with Gasteiger partial charge < -0.3 is 10.1 Å². The summed E-state index contributed by atoms with van der Waals surface area (Å²) in [4.78, 5) is 0. The van der Waals surface area contributed by atoms with Gasteiger partial charge in [0.2, 0.25) is 0 Å². The summed E-state index contributed by atoms with van der Waals surface area (Å²) in [7, 11) is 1.72. The molecule has 0 radical (unpaired) electrons. The molecule has 2 aromatic rings. The van der Waals surface area contributed by atoms with Gasteiger partial charge in [-0.25, -0.2) is 4.68 Å². The SMILES string of the molecule is COCC(C)CNc1ccc(C)c(-n2cnnn2)c1. The van der Waals surface area contributed by atoms with Crippen LogP contribution in [0.15, 0.2) is 24.5 Å². The van der Waals surface area contributed by atoms with E-state index in [1.807, 2.05) is 13.0 Å². The van der Waals surface area contributed by atoms with Crippen LogP contribution < -0.4 is 5.32 Å². The molecule has 0 fully saturated rings. The quantitative estimate of drug-likeness (QED) is 0.856. The van der Waals surface area contributed by atoms with Crippen molar-refractivity contribution in [2.24, 2.45) is 5.92 Å². The number of benzene rings is 1. The molecule has 1 N–H and O–H groups in total. The molecule has 102 valence electrons. The summed E-state index contributed by atoms with van der Waals surface area (Å²) >= 11 is 0. The third-order valence-electron chi connectivity index (χ3n) is 2.91. The lowest BCUT2D eigenvalue weighted by molar-refractivity contribution is 0.164. The highest BCUT2D eigenvalue weighted by Crippen LogP contribution is 2.18. The second-order valence-corrected chi connectivity index (χ2v) is 4.70. The van der Waals surface area contributed by atoms with Crippen LogP contribution >= 0.6 is 0 Å². The standard InChI is InChI=1S/C13H19N5O/c1-10(8-19-3)7-14-12-5-4-11(2)13(6-12)18-9-15-16-17-18/h4-6,9-10,14H,7-8H2,1-3H3. The predicted molar refractivity (Wildman–Crippen MR) is 73.4 cm³/mol. The molecule has 1 heterocycles. The number of nitrogens with one attached hydrogen (secondary N) is 1. The molecule has 0 saturated carbocycles. The van der Waals surface area contributed by atoms with Gasteiger partial charge in [-0.1, -0.05) is 13.0 Å². The Bertz CT molecular complexity index is 512. The number of rotatable bonds is 6. The maximum Gasteiger partial charge on any atom is 0.143 e. The van der Waals surface area contributed by atoms with E-state index in [9.17, 15) is 0 Å². The molecule has 0 aliphatic carbocycles. The molecule has 0 aliphatic heterocycles. The van der Waals surface area contributed by atoms with Crippen LogP contribution in [0.5, 0.6) is 0 Å². The Morgan fingerprint density at radius 2 is 2.26 bits per heavy atom. The number of hydrogen-bond donors (Lipinski definition) is 1. The fraction of sp³-hybridized carbons (Fsp3) is 0.462. The normalized spacial score (nSPS) is 12.4. The molecule has 0 spiro atoms. The number of aromatic nitrogens is 4. The van der Waals surface area contributed by atoms with Crippen LogP contribution in [0.3, 0.4) is 0 Å². The minimum atomic E-state index is 0.461. The van der Waals surface area contributed by atoms with Crippen molar-refractivity contribution >= 4 is 5.69 Å². The molecule has 1 atom stereocenters. The number of methoxy groups -OCH3 is 1. The first-order valence-electron chi connectivity index (χ1n) is 6.27. The fourth-order valence-electron chi connectivity index (χ4n) is 1.87. The topological polar surface area (TPSA) is 64.9 Å². The second-order valence-electron chi connectivity index (χ2n) is 4.70. The van der Waals surface area contributed by atoms with Gasteiger partial charge >= 0.3 is 0 Å². The zero-order valence-electron chi connectivity index (χ0n) is 11.5. The molecule has 6 nitrogen and oxygen atoms in total. The van der Waals surface area contributed by atoms with E-state index < -0.39 is 0 Å². The van der Waals surface area contributed by atoms with E-state index in [0.29, 0.717) is 5.92 Å². The molecule has 0 amide bonds. The highest BCUT2D eigenvalue weighted by atomic mass is 16.5. The van der Waals surface area contributed by atoms with E-state index in [-0.39, 0.29) is 0 Å². The molecular formula is C13H19N5O. The van der Waals surface area contributed by atoms with Gasteiger partial charge in [-0.15, -0.1) is 5.10 Å². The maximum atomic E-state index is 5.12. The molecule has 6 heteroatoms. The van der Waals surface area contributed by atoms with E-state index in [1.165, 1.54) is 0 Å². The van der Waals surface area contributed by atoms with Gasteiger partial charge in [0.05, 0.1) is 12.3 Å². The first-order chi connectivity index (χ1) is 9.20. The molecule has 2 rings (SSSR count). The van der Waals surface area contributed by atoms with Gasteiger partial charge in [-0.3, -0.25) is 0 Å². The average Bonchev–Trinajstić information content (AvgIpc) is 2.92. The van der Waals surface area contributed by atoms with Gasteiger partial charge in [0.15, 0.2) is 0 Å². The predicted octanol–water partition coefficient (Wildman–Crippen LogP) is 1.67. The van der Waals surface area contributed by atoms with E-state index in [1.54, 1.807) is 18.1 Å². The smallest absolute Gasteiger partial charge is 0.143 e. The minimum absolute atomic E-state index is 0.461. The monoisotopic (exact) mass is 261 g/mol. The van der Waals surface area contributed by atoms with Crippen molar-refractivity contribution in [3.63, 3.8) is 0 Å². The summed E-state index contributed by atoms with van der Waals surface area (Å²) in [6.45, 7) is 5.80. The van der Waals surface area contributed by atoms with Crippen LogP contribution in [0.4, 0.5) is 5.69 Å². The van der Waals surface area contributed by atoms with E-state index in [2.05, 4.69) is 39.9 Å². The highest BCUT2D eigenvalue weighted by molar-refractivity contribution is 5.54. The molecule has 19 heavy (non-hydrogen) atoms. The molecule has 0 bridgehead atoms. The van der Waals surface area contributed by atoms with Crippen LogP contribution in [0.1, 0.15) is 12.5 Å². The fourth-order valence-corrected chi connectivity index (χ4v) is 1.87. The number of aryl methyl sites for hydroxylation is 1. The second kappa shape index (κ2) is 6.29. The third kappa shape index (κ3) is 3.51.